The summed E-state index contributed by atoms with van der Waals surface area (Å²) < 4.78 is 5.75. The molecule has 4 N–H and O–H groups in total. The van der Waals surface area contributed by atoms with Crippen molar-refractivity contribution in [2.75, 3.05) is 17.0 Å². The summed E-state index contributed by atoms with van der Waals surface area (Å²) in [6.07, 6.45) is 1.44. The van der Waals surface area contributed by atoms with Crippen LogP contribution in [0.1, 0.15) is 11.1 Å². The van der Waals surface area contributed by atoms with Crippen LogP contribution in [-0.4, -0.2) is 31.1 Å². The van der Waals surface area contributed by atoms with E-state index in [1.165, 1.54) is 29.2 Å². The van der Waals surface area contributed by atoms with Gasteiger partial charge in [-0.1, -0.05) is 17.8 Å². The molecule has 0 atom stereocenters. The van der Waals surface area contributed by atoms with Crippen molar-refractivity contribution in [3.8, 4) is 17.1 Å². The van der Waals surface area contributed by atoms with Crippen LogP contribution in [0.15, 0.2) is 59.9 Å². The second-order valence-corrected chi connectivity index (χ2v) is 7.59. The Morgan fingerprint density at radius 2 is 1.87 bits per heavy atom. The van der Waals surface area contributed by atoms with Crippen molar-refractivity contribution in [3.63, 3.8) is 0 Å². The van der Waals surface area contributed by atoms with Crippen LogP contribution < -0.4 is 15.8 Å². The van der Waals surface area contributed by atoms with Crippen molar-refractivity contribution < 1.29 is 4.74 Å². The lowest BCUT2D eigenvalue weighted by Gasteiger charge is -2.06. The number of benzene rings is 2. The summed E-state index contributed by atoms with van der Waals surface area (Å²) >= 11 is 1.45. The number of thioether (sulfide) groups is 1. The number of hydrogen-bond donors (Lipinski definition) is 3. The zero-order valence-corrected chi connectivity index (χ0v) is 17.4. The number of nitrogen functional groups attached to an aromatic ring is 1. The summed E-state index contributed by atoms with van der Waals surface area (Å²) in [5, 5.41) is 11.2. The van der Waals surface area contributed by atoms with Crippen LogP contribution in [0.25, 0.3) is 11.4 Å². The molecule has 0 amide bonds. The number of aryl methyl sites for hydroxylation is 2. The van der Waals surface area contributed by atoms with Gasteiger partial charge in [0.25, 0.3) is 0 Å². The van der Waals surface area contributed by atoms with Gasteiger partial charge in [-0.25, -0.2) is 9.97 Å². The van der Waals surface area contributed by atoms with Gasteiger partial charge in [0.2, 0.25) is 5.95 Å². The first-order valence-corrected chi connectivity index (χ1v) is 10.3. The van der Waals surface area contributed by atoms with Crippen molar-refractivity contribution in [3.05, 3.63) is 66.0 Å². The molecule has 8 nitrogen and oxygen atoms in total. The van der Waals surface area contributed by atoms with E-state index in [1.54, 1.807) is 6.07 Å². The highest BCUT2D eigenvalue weighted by Crippen LogP contribution is 2.24. The second kappa shape index (κ2) is 8.83. The lowest BCUT2D eigenvalue weighted by Crippen LogP contribution is -1.96. The number of ether oxygens (including phenoxy) is 1. The molecular formula is C21H21N7OS. The van der Waals surface area contributed by atoms with E-state index in [1.807, 2.05) is 30.3 Å². The van der Waals surface area contributed by atoms with E-state index in [4.69, 9.17) is 10.5 Å². The smallest absolute Gasteiger partial charge is 0.246 e. The number of aromatic amines is 1. The van der Waals surface area contributed by atoms with E-state index >= 15 is 0 Å². The van der Waals surface area contributed by atoms with E-state index in [0.29, 0.717) is 23.5 Å². The number of rotatable bonds is 7. The highest BCUT2D eigenvalue weighted by Gasteiger charge is 2.07. The quantitative estimate of drug-likeness (QED) is 0.230. The SMILES string of the molecule is Cc1ccc(Nc2n[nH]c(-c3ccc(OCSc4cc(N)ncn4)cc3)n2)cc1C. The molecule has 2 aromatic heterocycles. The van der Waals surface area contributed by atoms with Crippen LogP contribution in [0.3, 0.4) is 0 Å². The Bertz CT molecular complexity index is 1140. The molecule has 0 saturated carbocycles. The maximum Gasteiger partial charge on any atom is 0.246 e. The number of anilines is 3. The fourth-order valence-electron chi connectivity index (χ4n) is 2.69. The van der Waals surface area contributed by atoms with Gasteiger partial charge in [0.1, 0.15) is 28.9 Å². The normalized spacial score (nSPS) is 10.7. The lowest BCUT2D eigenvalue weighted by atomic mass is 10.1. The monoisotopic (exact) mass is 419 g/mol. The summed E-state index contributed by atoms with van der Waals surface area (Å²) in [5.74, 6) is 2.81. The van der Waals surface area contributed by atoms with Gasteiger partial charge in [-0.2, -0.15) is 4.98 Å². The van der Waals surface area contributed by atoms with Gasteiger partial charge < -0.3 is 15.8 Å². The first-order chi connectivity index (χ1) is 14.6. The van der Waals surface area contributed by atoms with Crippen LogP contribution in [0, 0.1) is 13.8 Å². The van der Waals surface area contributed by atoms with E-state index < -0.39 is 0 Å². The maximum absolute atomic E-state index is 5.75. The molecule has 0 saturated heterocycles. The molecule has 2 aromatic carbocycles. The van der Waals surface area contributed by atoms with E-state index in [9.17, 15) is 0 Å². The van der Waals surface area contributed by atoms with Crippen molar-refractivity contribution in [1.82, 2.24) is 25.1 Å². The third-order valence-electron chi connectivity index (χ3n) is 4.47. The minimum atomic E-state index is 0.419. The minimum Gasteiger partial charge on any atom is -0.483 e. The molecular weight excluding hydrogens is 398 g/mol. The third kappa shape index (κ3) is 4.87. The van der Waals surface area contributed by atoms with Crippen molar-refractivity contribution in [2.24, 2.45) is 0 Å². The van der Waals surface area contributed by atoms with Gasteiger partial charge in [-0.15, -0.1) is 5.10 Å². The number of nitrogens with one attached hydrogen (secondary N) is 2. The molecule has 2 heterocycles. The summed E-state index contributed by atoms with van der Waals surface area (Å²) in [7, 11) is 0. The predicted octanol–water partition coefficient (Wildman–Crippen LogP) is 4.33. The molecule has 30 heavy (non-hydrogen) atoms. The van der Waals surface area contributed by atoms with Gasteiger partial charge in [-0.05, 0) is 61.4 Å². The van der Waals surface area contributed by atoms with E-state index in [-0.39, 0.29) is 0 Å². The lowest BCUT2D eigenvalue weighted by molar-refractivity contribution is 0.393. The highest BCUT2D eigenvalue weighted by atomic mass is 32.2. The molecule has 152 valence electrons. The Balaban J connectivity index is 1.35. The molecule has 9 heteroatoms. The molecule has 0 radical (unpaired) electrons. The van der Waals surface area contributed by atoms with Gasteiger partial charge in [-0.3, -0.25) is 5.10 Å². The summed E-state index contributed by atoms with van der Waals surface area (Å²) in [6.45, 7) is 4.16. The molecule has 0 unspecified atom stereocenters. The number of H-pyrrole nitrogens is 1. The number of aromatic nitrogens is 5. The van der Waals surface area contributed by atoms with Crippen LogP contribution in [-0.2, 0) is 0 Å². The predicted molar refractivity (Wildman–Crippen MR) is 119 cm³/mol. The summed E-state index contributed by atoms with van der Waals surface area (Å²) in [5.41, 5.74) is 9.98. The van der Waals surface area contributed by atoms with Crippen molar-refractivity contribution >= 4 is 29.2 Å². The van der Waals surface area contributed by atoms with Crippen molar-refractivity contribution in [1.29, 1.82) is 0 Å². The van der Waals surface area contributed by atoms with Gasteiger partial charge in [0.05, 0.1) is 0 Å². The molecule has 0 spiro atoms. The van der Waals surface area contributed by atoms with E-state index in [2.05, 4.69) is 56.4 Å². The number of nitrogens with two attached hydrogens (primary N) is 1. The molecule has 0 aliphatic heterocycles. The maximum atomic E-state index is 5.75. The Morgan fingerprint density at radius 1 is 1.03 bits per heavy atom. The van der Waals surface area contributed by atoms with Gasteiger partial charge >= 0.3 is 0 Å². The molecule has 4 rings (SSSR count). The number of hydrogen-bond acceptors (Lipinski definition) is 8. The molecule has 0 aliphatic carbocycles. The highest BCUT2D eigenvalue weighted by molar-refractivity contribution is 7.99. The molecule has 0 aliphatic rings. The Hall–Kier alpha value is -3.59. The van der Waals surface area contributed by atoms with Crippen LogP contribution in [0.4, 0.5) is 17.5 Å². The standard InChI is InChI=1S/C21H21N7OS/c1-13-3-6-16(9-14(13)2)25-21-26-20(27-28-21)15-4-7-17(8-5-15)29-12-30-19-10-18(22)23-11-24-19/h3-11H,12H2,1-2H3,(H2,22,23,24)(H2,25,26,27,28). The average molecular weight is 420 g/mol. The summed E-state index contributed by atoms with van der Waals surface area (Å²) in [4.78, 5) is 12.5. The van der Waals surface area contributed by atoms with E-state index in [0.717, 1.165) is 22.0 Å². The topological polar surface area (TPSA) is 115 Å². The largest absolute Gasteiger partial charge is 0.483 e. The Labute approximate surface area is 178 Å². The zero-order valence-electron chi connectivity index (χ0n) is 16.6. The summed E-state index contributed by atoms with van der Waals surface area (Å²) in [6, 6.07) is 15.5. The van der Waals surface area contributed by atoms with Gasteiger partial charge in [0.15, 0.2) is 5.82 Å². The molecule has 0 fully saturated rings. The third-order valence-corrected chi connectivity index (χ3v) is 5.23. The second-order valence-electron chi connectivity index (χ2n) is 6.64. The Morgan fingerprint density at radius 3 is 2.63 bits per heavy atom. The fraction of sp³-hybridized carbons (Fsp3) is 0.143. The zero-order chi connectivity index (χ0) is 20.9. The first kappa shape index (κ1) is 19.7. The van der Waals surface area contributed by atoms with Crippen LogP contribution in [0.5, 0.6) is 5.75 Å². The fourth-order valence-corrected chi connectivity index (χ4v) is 3.34. The Kier molecular flexibility index (Phi) is 5.80. The van der Waals surface area contributed by atoms with Crippen LogP contribution >= 0.6 is 11.8 Å². The van der Waals surface area contributed by atoms with Crippen molar-refractivity contribution in [2.45, 2.75) is 18.9 Å². The minimum absolute atomic E-state index is 0.419. The van der Waals surface area contributed by atoms with Gasteiger partial charge in [0, 0.05) is 17.3 Å². The first-order valence-electron chi connectivity index (χ1n) is 9.27. The molecule has 4 aromatic rings. The molecule has 0 bridgehead atoms. The van der Waals surface area contributed by atoms with Crippen LogP contribution in [0.2, 0.25) is 0 Å². The number of nitrogens with zero attached hydrogens (tertiary/aromatic N) is 4. The average Bonchev–Trinajstić information content (AvgIpc) is 3.20.